The van der Waals surface area contributed by atoms with Gasteiger partial charge in [-0.15, -0.1) is 11.8 Å². The van der Waals surface area contributed by atoms with Gasteiger partial charge in [0.25, 0.3) is 0 Å². The highest BCUT2D eigenvalue weighted by atomic mass is 32.2. The second kappa shape index (κ2) is 4.38. The van der Waals surface area contributed by atoms with Gasteiger partial charge in [-0.1, -0.05) is 12.1 Å². The first-order valence-corrected chi connectivity index (χ1v) is 6.58. The van der Waals surface area contributed by atoms with Gasteiger partial charge in [0.2, 0.25) is 5.91 Å². The highest BCUT2D eigenvalue weighted by Crippen LogP contribution is 2.39. The van der Waals surface area contributed by atoms with Crippen molar-refractivity contribution in [1.82, 2.24) is 0 Å². The molecule has 3 nitrogen and oxygen atoms in total. The summed E-state index contributed by atoms with van der Waals surface area (Å²) in [7, 11) is 0. The monoisotopic (exact) mass is 257 g/mol. The van der Waals surface area contributed by atoms with E-state index in [0.717, 1.165) is 16.3 Å². The molecule has 0 radical (unpaired) electrons. The van der Waals surface area contributed by atoms with Crippen molar-refractivity contribution in [2.45, 2.75) is 4.90 Å². The van der Waals surface area contributed by atoms with Crippen molar-refractivity contribution in [3.05, 3.63) is 48.5 Å². The van der Waals surface area contributed by atoms with E-state index in [1.54, 1.807) is 40.9 Å². The number of carbonyl (C=O) groups is 1. The average molecular weight is 257 g/mol. The first-order chi connectivity index (χ1) is 8.75. The van der Waals surface area contributed by atoms with Gasteiger partial charge in [-0.05, 0) is 36.4 Å². The Morgan fingerprint density at radius 1 is 1.06 bits per heavy atom. The molecule has 4 heteroatoms. The van der Waals surface area contributed by atoms with Crippen LogP contribution in [0.5, 0.6) is 5.75 Å². The molecule has 90 valence electrons. The van der Waals surface area contributed by atoms with Gasteiger partial charge in [-0.3, -0.25) is 9.69 Å². The van der Waals surface area contributed by atoms with Gasteiger partial charge >= 0.3 is 0 Å². The Hall–Kier alpha value is -1.94. The smallest absolute Gasteiger partial charge is 0.241 e. The average Bonchev–Trinajstić information content (AvgIpc) is 2.40. The number of benzene rings is 2. The summed E-state index contributed by atoms with van der Waals surface area (Å²) < 4.78 is 0. The number of anilines is 2. The molecular formula is C14H11NO2S. The summed E-state index contributed by atoms with van der Waals surface area (Å²) in [4.78, 5) is 14.9. The minimum Gasteiger partial charge on any atom is -0.508 e. The molecule has 1 heterocycles. The fourth-order valence-corrected chi connectivity index (χ4v) is 2.88. The van der Waals surface area contributed by atoms with Crippen LogP contribution in [0.25, 0.3) is 0 Å². The van der Waals surface area contributed by atoms with Crippen LogP contribution < -0.4 is 4.90 Å². The van der Waals surface area contributed by atoms with Crippen molar-refractivity contribution >= 4 is 29.0 Å². The second-order valence-electron chi connectivity index (χ2n) is 4.00. The van der Waals surface area contributed by atoms with E-state index in [4.69, 9.17) is 0 Å². The number of carbonyl (C=O) groups excluding carboxylic acids is 1. The first-order valence-electron chi connectivity index (χ1n) is 5.59. The van der Waals surface area contributed by atoms with Crippen molar-refractivity contribution in [3.8, 4) is 5.75 Å². The summed E-state index contributed by atoms with van der Waals surface area (Å²) >= 11 is 1.56. The third kappa shape index (κ3) is 1.84. The van der Waals surface area contributed by atoms with E-state index in [1.807, 2.05) is 24.3 Å². The van der Waals surface area contributed by atoms with Gasteiger partial charge < -0.3 is 5.11 Å². The number of aromatic hydroxyl groups is 1. The largest absolute Gasteiger partial charge is 0.508 e. The van der Waals surface area contributed by atoms with E-state index in [-0.39, 0.29) is 11.7 Å². The maximum atomic E-state index is 12.1. The molecule has 0 saturated carbocycles. The zero-order valence-electron chi connectivity index (χ0n) is 9.54. The van der Waals surface area contributed by atoms with Crippen molar-refractivity contribution in [2.75, 3.05) is 10.7 Å². The number of fused-ring (bicyclic) bond motifs is 1. The molecule has 1 N–H and O–H groups in total. The van der Waals surface area contributed by atoms with Gasteiger partial charge in [0, 0.05) is 10.6 Å². The zero-order valence-corrected chi connectivity index (χ0v) is 10.4. The minimum absolute atomic E-state index is 0.0596. The molecule has 0 saturated heterocycles. The lowest BCUT2D eigenvalue weighted by Crippen LogP contribution is -2.30. The summed E-state index contributed by atoms with van der Waals surface area (Å²) in [5.74, 6) is 0.702. The van der Waals surface area contributed by atoms with Gasteiger partial charge in [0.1, 0.15) is 5.75 Å². The van der Waals surface area contributed by atoms with Crippen molar-refractivity contribution in [2.24, 2.45) is 0 Å². The zero-order chi connectivity index (χ0) is 12.5. The Morgan fingerprint density at radius 2 is 1.78 bits per heavy atom. The normalized spacial score (nSPS) is 14.4. The summed E-state index contributed by atoms with van der Waals surface area (Å²) in [6.07, 6.45) is 0. The first kappa shape index (κ1) is 11.2. The lowest BCUT2D eigenvalue weighted by molar-refractivity contribution is -0.115. The number of para-hydroxylation sites is 1. The number of amides is 1. The molecule has 2 aromatic rings. The van der Waals surface area contributed by atoms with Crippen LogP contribution in [0.1, 0.15) is 0 Å². The van der Waals surface area contributed by atoms with Gasteiger partial charge in [-0.2, -0.15) is 0 Å². The maximum Gasteiger partial charge on any atom is 0.241 e. The molecular weight excluding hydrogens is 246 g/mol. The topological polar surface area (TPSA) is 40.5 Å². The van der Waals surface area contributed by atoms with E-state index in [9.17, 15) is 9.90 Å². The standard InChI is InChI=1S/C14H11NO2S/c16-11-7-5-10(6-8-11)15-12-3-1-2-4-13(12)18-9-14(15)17/h1-8,16H,9H2. The summed E-state index contributed by atoms with van der Waals surface area (Å²) in [5, 5.41) is 9.31. The molecule has 0 atom stereocenters. The third-order valence-corrected chi connectivity index (χ3v) is 3.86. The number of hydrogen-bond donors (Lipinski definition) is 1. The predicted octanol–water partition coefficient (Wildman–Crippen LogP) is 3.16. The molecule has 1 aliphatic rings. The van der Waals surface area contributed by atoms with E-state index in [1.165, 1.54) is 0 Å². The summed E-state index contributed by atoms with van der Waals surface area (Å²) in [6, 6.07) is 14.5. The van der Waals surface area contributed by atoms with E-state index in [2.05, 4.69) is 0 Å². The van der Waals surface area contributed by atoms with Crippen molar-refractivity contribution in [3.63, 3.8) is 0 Å². The van der Waals surface area contributed by atoms with Gasteiger partial charge in [0.05, 0.1) is 11.4 Å². The number of rotatable bonds is 1. The molecule has 0 spiro atoms. The highest BCUT2D eigenvalue weighted by Gasteiger charge is 2.25. The lowest BCUT2D eigenvalue weighted by atomic mass is 10.2. The molecule has 1 aliphatic heterocycles. The Bertz CT molecular complexity index is 595. The number of thioether (sulfide) groups is 1. The van der Waals surface area contributed by atoms with Crippen LogP contribution in [-0.4, -0.2) is 16.8 Å². The molecule has 18 heavy (non-hydrogen) atoms. The van der Waals surface area contributed by atoms with Crippen LogP contribution in [0.15, 0.2) is 53.4 Å². The van der Waals surface area contributed by atoms with Gasteiger partial charge in [-0.25, -0.2) is 0 Å². The van der Waals surface area contributed by atoms with E-state index >= 15 is 0 Å². The molecule has 0 bridgehead atoms. The quantitative estimate of drug-likeness (QED) is 0.853. The molecule has 1 amide bonds. The Kier molecular flexibility index (Phi) is 2.72. The summed E-state index contributed by atoms with van der Waals surface area (Å²) in [5.41, 5.74) is 1.69. The Balaban J connectivity index is 2.10. The number of phenolic OH excluding ortho intramolecular Hbond substituents is 1. The molecule has 2 aromatic carbocycles. The van der Waals surface area contributed by atoms with Crippen LogP contribution >= 0.6 is 11.8 Å². The summed E-state index contributed by atoms with van der Waals surface area (Å²) in [6.45, 7) is 0. The van der Waals surface area contributed by atoms with E-state index in [0.29, 0.717) is 5.75 Å². The van der Waals surface area contributed by atoms with Crippen LogP contribution in [0, 0.1) is 0 Å². The molecule has 0 aliphatic carbocycles. The SMILES string of the molecule is O=C1CSc2ccccc2N1c1ccc(O)cc1. The van der Waals surface area contributed by atoms with Crippen LogP contribution in [0.2, 0.25) is 0 Å². The molecule has 3 rings (SSSR count). The molecule has 0 aromatic heterocycles. The molecule has 0 unspecified atom stereocenters. The van der Waals surface area contributed by atoms with Crippen molar-refractivity contribution < 1.29 is 9.90 Å². The third-order valence-electron chi connectivity index (χ3n) is 2.81. The van der Waals surface area contributed by atoms with Gasteiger partial charge in [0.15, 0.2) is 0 Å². The minimum atomic E-state index is 0.0596. The lowest BCUT2D eigenvalue weighted by Gasteiger charge is -2.28. The Labute approximate surface area is 109 Å². The van der Waals surface area contributed by atoms with Crippen LogP contribution in [-0.2, 0) is 4.79 Å². The molecule has 0 fully saturated rings. The fourth-order valence-electron chi connectivity index (χ4n) is 1.99. The fraction of sp³-hybridized carbons (Fsp3) is 0.0714. The van der Waals surface area contributed by atoms with Crippen LogP contribution in [0.3, 0.4) is 0 Å². The maximum absolute atomic E-state index is 12.1. The van der Waals surface area contributed by atoms with Crippen molar-refractivity contribution in [1.29, 1.82) is 0 Å². The van der Waals surface area contributed by atoms with E-state index < -0.39 is 0 Å². The predicted molar refractivity (Wildman–Crippen MR) is 72.4 cm³/mol. The van der Waals surface area contributed by atoms with Crippen LogP contribution in [0.4, 0.5) is 11.4 Å². The number of nitrogens with zero attached hydrogens (tertiary/aromatic N) is 1. The number of phenols is 1. The number of hydrogen-bond acceptors (Lipinski definition) is 3. The second-order valence-corrected chi connectivity index (χ2v) is 5.02. The highest BCUT2D eigenvalue weighted by molar-refractivity contribution is 8.00. The Morgan fingerprint density at radius 3 is 2.56 bits per heavy atom.